The number of halogens is 1. The number of benzene rings is 2. The van der Waals surface area contributed by atoms with Crippen molar-refractivity contribution in [3.63, 3.8) is 0 Å². The Morgan fingerprint density at radius 2 is 1.86 bits per heavy atom. The Labute approximate surface area is 122 Å². The molecule has 1 unspecified atom stereocenters. The molecule has 3 rings (SSSR count). The summed E-state index contributed by atoms with van der Waals surface area (Å²) in [6, 6.07) is 12.9. The summed E-state index contributed by atoms with van der Waals surface area (Å²) in [6.07, 6.45) is 4.09. The highest BCUT2D eigenvalue weighted by atomic mass is 19.1. The van der Waals surface area contributed by atoms with Crippen LogP contribution in [0.3, 0.4) is 0 Å². The Morgan fingerprint density at radius 1 is 1.05 bits per heavy atom. The summed E-state index contributed by atoms with van der Waals surface area (Å²) in [6.45, 7) is 0. The zero-order valence-electron chi connectivity index (χ0n) is 11.8. The molecule has 3 aromatic rings. The molecule has 1 atom stereocenters. The van der Waals surface area contributed by atoms with Crippen molar-refractivity contribution in [3.8, 4) is 0 Å². The SMILES string of the molecule is CNC(Cc1cccc(F)c1)c1ccc2nccnc2c1. The molecule has 0 bridgehead atoms. The second kappa shape index (κ2) is 5.97. The number of nitrogens with one attached hydrogen (secondary N) is 1. The highest BCUT2D eigenvalue weighted by Gasteiger charge is 2.11. The summed E-state index contributed by atoms with van der Waals surface area (Å²) in [4.78, 5) is 8.60. The Bertz CT molecular complexity index is 758. The van der Waals surface area contributed by atoms with Gasteiger partial charge in [0.2, 0.25) is 0 Å². The van der Waals surface area contributed by atoms with Crippen molar-refractivity contribution in [2.75, 3.05) is 7.05 Å². The molecule has 106 valence electrons. The van der Waals surface area contributed by atoms with Crippen LogP contribution in [-0.4, -0.2) is 17.0 Å². The van der Waals surface area contributed by atoms with E-state index in [0.717, 1.165) is 28.6 Å². The van der Waals surface area contributed by atoms with E-state index in [1.165, 1.54) is 6.07 Å². The second-order valence-corrected chi connectivity index (χ2v) is 4.98. The van der Waals surface area contributed by atoms with E-state index in [1.54, 1.807) is 24.5 Å². The lowest BCUT2D eigenvalue weighted by Gasteiger charge is -2.17. The van der Waals surface area contributed by atoms with Gasteiger partial charge in [-0.15, -0.1) is 0 Å². The summed E-state index contributed by atoms with van der Waals surface area (Å²) >= 11 is 0. The molecule has 0 aliphatic rings. The van der Waals surface area contributed by atoms with Crippen LogP contribution in [0.2, 0.25) is 0 Å². The van der Waals surface area contributed by atoms with Crippen LogP contribution >= 0.6 is 0 Å². The van der Waals surface area contributed by atoms with Crippen molar-refractivity contribution in [2.45, 2.75) is 12.5 Å². The quantitative estimate of drug-likeness (QED) is 0.797. The van der Waals surface area contributed by atoms with Crippen LogP contribution < -0.4 is 5.32 Å². The zero-order chi connectivity index (χ0) is 14.7. The lowest BCUT2D eigenvalue weighted by atomic mass is 9.98. The van der Waals surface area contributed by atoms with Crippen molar-refractivity contribution >= 4 is 11.0 Å². The van der Waals surface area contributed by atoms with Crippen LogP contribution in [0.25, 0.3) is 11.0 Å². The Kier molecular flexibility index (Phi) is 3.88. The fourth-order valence-corrected chi connectivity index (χ4v) is 2.48. The minimum Gasteiger partial charge on any atom is -0.313 e. The second-order valence-electron chi connectivity index (χ2n) is 4.98. The summed E-state index contributed by atoms with van der Waals surface area (Å²) < 4.78 is 13.3. The molecule has 0 saturated carbocycles. The van der Waals surface area contributed by atoms with E-state index in [4.69, 9.17) is 0 Å². The lowest BCUT2D eigenvalue weighted by molar-refractivity contribution is 0.584. The fourth-order valence-electron chi connectivity index (χ4n) is 2.48. The molecule has 0 amide bonds. The van der Waals surface area contributed by atoms with Gasteiger partial charge < -0.3 is 5.32 Å². The first kappa shape index (κ1) is 13.6. The first-order valence-corrected chi connectivity index (χ1v) is 6.88. The summed E-state index contributed by atoms with van der Waals surface area (Å²) in [7, 11) is 1.91. The van der Waals surface area contributed by atoms with E-state index in [-0.39, 0.29) is 11.9 Å². The van der Waals surface area contributed by atoms with Gasteiger partial charge in [-0.1, -0.05) is 18.2 Å². The van der Waals surface area contributed by atoms with Gasteiger partial charge in [0.05, 0.1) is 11.0 Å². The van der Waals surface area contributed by atoms with Crippen LogP contribution in [0, 0.1) is 5.82 Å². The zero-order valence-corrected chi connectivity index (χ0v) is 11.8. The minimum atomic E-state index is -0.202. The van der Waals surface area contributed by atoms with Crippen LogP contribution in [0.1, 0.15) is 17.2 Å². The predicted octanol–water partition coefficient (Wildman–Crippen LogP) is 3.27. The van der Waals surface area contributed by atoms with Crippen molar-refractivity contribution in [1.29, 1.82) is 0 Å². The third-order valence-corrected chi connectivity index (χ3v) is 3.57. The third kappa shape index (κ3) is 3.06. The van der Waals surface area contributed by atoms with Crippen molar-refractivity contribution < 1.29 is 4.39 Å². The molecule has 0 aliphatic carbocycles. The highest BCUT2D eigenvalue weighted by Crippen LogP contribution is 2.21. The van der Waals surface area contributed by atoms with E-state index in [0.29, 0.717) is 0 Å². The van der Waals surface area contributed by atoms with Crippen LogP contribution in [-0.2, 0) is 6.42 Å². The number of nitrogens with zero attached hydrogens (tertiary/aromatic N) is 2. The number of hydrogen-bond donors (Lipinski definition) is 1. The summed E-state index contributed by atoms with van der Waals surface area (Å²) in [5.41, 5.74) is 3.83. The molecule has 1 heterocycles. The van der Waals surface area contributed by atoms with Gasteiger partial charge in [-0.05, 0) is 48.9 Å². The maximum absolute atomic E-state index is 13.3. The molecular formula is C17H16FN3. The molecule has 2 aromatic carbocycles. The lowest BCUT2D eigenvalue weighted by Crippen LogP contribution is -2.19. The Hall–Kier alpha value is -2.33. The fraction of sp³-hybridized carbons (Fsp3) is 0.176. The largest absolute Gasteiger partial charge is 0.313 e. The molecule has 0 spiro atoms. The average Bonchev–Trinajstić information content (AvgIpc) is 2.52. The first-order chi connectivity index (χ1) is 10.3. The normalized spacial score (nSPS) is 12.5. The molecule has 1 aromatic heterocycles. The number of hydrogen-bond acceptors (Lipinski definition) is 3. The molecule has 0 radical (unpaired) electrons. The smallest absolute Gasteiger partial charge is 0.123 e. The van der Waals surface area contributed by atoms with Gasteiger partial charge in [-0.3, -0.25) is 9.97 Å². The van der Waals surface area contributed by atoms with E-state index in [1.807, 2.05) is 31.3 Å². The standard InChI is InChI=1S/C17H16FN3/c1-19-16(10-12-3-2-4-14(18)9-12)13-5-6-15-17(11-13)21-8-7-20-15/h2-9,11,16,19H,10H2,1H3. The molecule has 0 saturated heterocycles. The number of rotatable bonds is 4. The van der Waals surface area contributed by atoms with Gasteiger partial charge in [0, 0.05) is 18.4 Å². The topological polar surface area (TPSA) is 37.8 Å². The van der Waals surface area contributed by atoms with Crippen LogP contribution in [0.4, 0.5) is 4.39 Å². The van der Waals surface area contributed by atoms with Crippen LogP contribution in [0.5, 0.6) is 0 Å². The summed E-state index contributed by atoms with van der Waals surface area (Å²) in [5.74, 6) is -0.202. The Balaban J connectivity index is 1.90. The van der Waals surface area contributed by atoms with Gasteiger partial charge in [-0.2, -0.15) is 0 Å². The molecular weight excluding hydrogens is 265 g/mol. The van der Waals surface area contributed by atoms with Gasteiger partial charge in [0.1, 0.15) is 5.82 Å². The number of aromatic nitrogens is 2. The molecule has 3 nitrogen and oxygen atoms in total. The van der Waals surface area contributed by atoms with Gasteiger partial charge in [0.25, 0.3) is 0 Å². The van der Waals surface area contributed by atoms with E-state index in [2.05, 4.69) is 15.3 Å². The van der Waals surface area contributed by atoms with Crippen molar-refractivity contribution in [3.05, 3.63) is 71.8 Å². The molecule has 0 aliphatic heterocycles. The molecule has 0 fully saturated rings. The van der Waals surface area contributed by atoms with Crippen molar-refractivity contribution in [2.24, 2.45) is 0 Å². The monoisotopic (exact) mass is 281 g/mol. The molecule has 21 heavy (non-hydrogen) atoms. The van der Waals surface area contributed by atoms with Crippen molar-refractivity contribution in [1.82, 2.24) is 15.3 Å². The maximum atomic E-state index is 13.3. The Morgan fingerprint density at radius 3 is 2.62 bits per heavy atom. The maximum Gasteiger partial charge on any atom is 0.123 e. The highest BCUT2D eigenvalue weighted by molar-refractivity contribution is 5.74. The average molecular weight is 281 g/mol. The van der Waals surface area contributed by atoms with E-state index in [9.17, 15) is 4.39 Å². The summed E-state index contributed by atoms with van der Waals surface area (Å²) in [5, 5.41) is 3.28. The number of fused-ring (bicyclic) bond motifs is 1. The van der Waals surface area contributed by atoms with E-state index >= 15 is 0 Å². The molecule has 4 heteroatoms. The van der Waals surface area contributed by atoms with Gasteiger partial charge in [-0.25, -0.2) is 4.39 Å². The number of likely N-dealkylation sites (N-methyl/N-ethyl adjacent to an activating group) is 1. The molecule has 1 N–H and O–H groups in total. The van der Waals surface area contributed by atoms with E-state index < -0.39 is 0 Å². The van der Waals surface area contributed by atoms with Gasteiger partial charge in [0.15, 0.2) is 0 Å². The first-order valence-electron chi connectivity index (χ1n) is 6.88. The van der Waals surface area contributed by atoms with Gasteiger partial charge >= 0.3 is 0 Å². The third-order valence-electron chi connectivity index (χ3n) is 3.57. The minimum absolute atomic E-state index is 0.109. The van der Waals surface area contributed by atoms with Crippen LogP contribution in [0.15, 0.2) is 54.9 Å². The predicted molar refractivity (Wildman–Crippen MR) is 81.4 cm³/mol.